The van der Waals surface area contributed by atoms with Crippen LogP contribution in [0.25, 0.3) is 0 Å². The normalized spacial score (nSPS) is 27.9. The molecule has 1 aliphatic heterocycles. The highest BCUT2D eigenvalue weighted by molar-refractivity contribution is 5.93. The Kier molecular flexibility index (Phi) is 7.79. The highest BCUT2D eigenvalue weighted by Crippen LogP contribution is 2.31. The summed E-state index contributed by atoms with van der Waals surface area (Å²) in [4.78, 5) is 12.2. The second kappa shape index (κ2) is 9.67. The molecule has 2 rings (SSSR count). The fourth-order valence-corrected chi connectivity index (χ4v) is 2.94. The van der Waals surface area contributed by atoms with Crippen molar-refractivity contribution in [3.05, 3.63) is 23.8 Å². The predicted octanol–water partition coefficient (Wildman–Crippen LogP) is 0.658. The molecule has 8 nitrogen and oxygen atoms in total. The van der Waals surface area contributed by atoms with Crippen LogP contribution in [0.2, 0.25) is 0 Å². The highest BCUT2D eigenvalue weighted by atomic mass is 16.7. The second-order valence-corrected chi connectivity index (χ2v) is 7.89. The van der Waals surface area contributed by atoms with Gasteiger partial charge in [0.2, 0.25) is 12.2 Å². The Bertz CT molecular complexity index is 662. The van der Waals surface area contributed by atoms with E-state index in [2.05, 4.69) is 19.2 Å². The maximum atomic E-state index is 12.2. The average Bonchev–Trinajstić information content (AvgIpc) is 2.63. The molecule has 0 bridgehead atoms. The Morgan fingerprint density at radius 1 is 1.14 bits per heavy atom. The minimum atomic E-state index is -1.54. The van der Waals surface area contributed by atoms with Gasteiger partial charge in [-0.1, -0.05) is 33.8 Å². The molecule has 0 unspecified atom stereocenters. The zero-order valence-corrected chi connectivity index (χ0v) is 16.7. The van der Waals surface area contributed by atoms with Crippen LogP contribution in [0.5, 0.6) is 5.75 Å². The van der Waals surface area contributed by atoms with Gasteiger partial charge in [0.1, 0.15) is 30.2 Å². The molecule has 28 heavy (non-hydrogen) atoms. The van der Waals surface area contributed by atoms with Crippen molar-refractivity contribution in [3.8, 4) is 5.75 Å². The number of amides is 1. The summed E-state index contributed by atoms with van der Waals surface area (Å²) in [7, 11) is 0. The molecular weight excluding hydrogens is 366 g/mol. The fraction of sp³-hybridized carbons (Fsp3) is 0.650. The molecule has 0 aliphatic carbocycles. The maximum absolute atomic E-state index is 12.2. The van der Waals surface area contributed by atoms with Gasteiger partial charge in [-0.2, -0.15) is 0 Å². The van der Waals surface area contributed by atoms with E-state index in [0.717, 1.165) is 12.0 Å². The van der Waals surface area contributed by atoms with Crippen LogP contribution in [0.15, 0.2) is 18.2 Å². The molecule has 5 atom stereocenters. The van der Waals surface area contributed by atoms with Crippen LogP contribution < -0.4 is 10.1 Å². The molecule has 1 saturated heterocycles. The Labute approximate surface area is 165 Å². The molecule has 8 heteroatoms. The molecule has 0 aromatic heterocycles. The fourth-order valence-electron chi connectivity index (χ4n) is 2.94. The molecule has 1 heterocycles. The first-order chi connectivity index (χ1) is 13.1. The number of aliphatic hydroxyl groups excluding tert-OH is 4. The lowest BCUT2D eigenvalue weighted by atomic mass is 9.99. The minimum Gasteiger partial charge on any atom is -0.460 e. The van der Waals surface area contributed by atoms with Gasteiger partial charge in [0.25, 0.3) is 0 Å². The minimum absolute atomic E-state index is 0.194. The predicted molar refractivity (Wildman–Crippen MR) is 103 cm³/mol. The van der Waals surface area contributed by atoms with Crippen LogP contribution in [0, 0.1) is 11.8 Å². The molecule has 1 aromatic rings. The number of benzene rings is 1. The summed E-state index contributed by atoms with van der Waals surface area (Å²) in [6.45, 7) is 7.17. The van der Waals surface area contributed by atoms with E-state index < -0.39 is 37.3 Å². The number of nitrogens with one attached hydrogen (secondary N) is 1. The summed E-state index contributed by atoms with van der Waals surface area (Å²) in [5.41, 5.74) is 1.43. The van der Waals surface area contributed by atoms with Crippen molar-refractivity contribution in [1.29, 1.82) is 0 Å². The van der Waals surface area contributed by atoms with Crippen LogP contribution in [0.1, 0.15) is 33.3 Å². The highest BCUT2D eigenvalue weighted by Gasteiger charge is 2.44. The lowest BCUT2D eigenvalue weighted by molar-refractivity contribution is -0.277. The summed E-state index contributed by atoms with van der Waals surface area (Å²) < 4.78 is 11.1. The van der Waals surface area contributed by atoms with Gasteiger partial charge in [-0.15, -0.1) is 0 Å². The number of hydrogen-bond donors (Lipinski definition) is 5. The van der Waals surface area contributed by atoms with E-state index in [0.29, 0.717) is 11.6 Å². The summed E-state index contributed by atoms with van der Waals surface area (Å²) >= 11 is 0. The van der Waals surface area contributed by atoms with E-state index >= 15 is 0 Å². The largest absolute Gasteiger partial charge is 0.460 e. The molecule has 158 valence electrons. The van der Waals surface area contributed by atoms with Crippen molar-refractivity contribution in [2.75, 3.05) is 11.9 Å². The Hall–Kier alpha value is -1.71. The summed E-state index contributed by atoms with van der Waals surface area (Å²) in [6, 6.07) is 5.32. The number of hydrogen-bond acceptors (Lipinski definition) is 7. The number of carbonyl (C=O) groups excluding carboxylic acids is 1. The van der Waals surface area contributed by atoms with Gasteiger partial charge in [0, 0.05) is 5.92 Å². The van der Waals surface area contributed by atoms with Crippen LogP contribution in [-0.4, -0.2) is 63.6 Å². The zero-order chi connectivity index (χ0) is 21.0. The summed E-state index contributed by atoms with van der Waals surface area (Å²) in [6.07, 6.45) is -6.11. The van der Waals surface area contributed by atoms with Crippen molar-refractivity contribution < 1.29 is 34.7 Å². The Balaban J connectivity index is 2.28. The van der Waals surface area contributed by atoms with Gasteiger partial charge in [0.05, 0.1) is 12.3 Å². The van der Waals surface area contributed by atoms with Crippen LogP contribution >= 0.6 is 0 Å². The average molecular weight is 397 g/mol. The third kappa shape index (κ3) is 5.42. The third-order valence-corrected chi connectivity index (χ3v) is 4.56. The molecule has 0 saturated carbocycles. The van der Waals surface area contributed by atoms with Gasteiger partial charge in [-0.25, -0.2) is 0 Å². The molecule has 0 radical (unpaired) electrons. The Morgan fingerprint density at radius 3 is 2.39 bits per heavy atom. The first kappa shape index (κ1) is 22.6. The van der Waals surface area contributed by atoms with Crippen LogP contribution in [0.3, 0.4) is 0 Å². The van der Waals surface area contributed by atoms with Gasteiger partial charge in [0.15, 0.2) is 0 Å². The quantitative estimate of drug-likeness (QED) is 0.457. The number of rotatable bonds is 7. The number of ether oxygens (including phenoxy) is 2. The van der Waals surface area contributed by atoms with E-state index in [1.165, 1.54) is 0 Å². The van der Waals surface area contributed by atoms with Gasteiger partial charge < -0.3 is 35.2 Å². The standard InChI is InChI=1S/C20H31NO7/c1-10(2)7-12-5-6-14(13(8-12)21-19(26)11(3)4)27-20-18(25)17(24)16(23)15(9-22)28-20/h5-6,8,10-11,15-18,20,22-25H,7,9H2,1-4H3,(H,21,26)/t15-,16-,17+,18-,20-/m1/s1. The van der Waals surface area contributed by atoms with E-state index in [1.54, 1.807) is 26.0 Å². The van der Waals surface area contributed by atoms with E-state index in [4.69, 9.17) is 9.47 Å². The van der Waals surface area contributed by atoms with Crippen LogP contribution in [-0.2, 0) is 16.0 Å². The zero-order valence-electron chi connectivity index (χ0n) is 16.7. The lowest BCUT2D eigenvalue weighted by Crippen LogP contribution is -2.60. The first-order valence-corrected chi connectivity index (χ1v) is 9.55. The topological polar surface area (TPSA) is 128 Å². The monoisotopic (exact) mass is 397 g/mol. The molecule has 1 aliphatic rings. The third-order valence-electron chi connectivity index (χ3n) is 4.56. The van der Waals surface area contributed by atoms with Gasteiger partial charge in [-0.05, 0) is 30.0 Å². The van der Waals surface area contributed by atoms with Crippen molar-refractivity contribution in [2.45, 2.75) is 64.8 Å². The maximum Gasteiger partial charge on any atom is 0.229 e. The molecule has 5 N–H and O–H groups in total. The molecular formula is C20H31NO7. The SMILES string of the molecule is CC(C)Cc1ccc(O[C@@H]2O[C@H](CO)[C@@H](O)[C@H](O)[C@H]2O)c(NC(=O)C(C)C)c1. The molecule has 1 amide bonds. The van der Waals surface area contributed by atoms with E-state index in [9.17, 15) is 25.2 Å². The van der Waals surface area contributed by atoms with Crippen molar-refractivity contribution in [2.24, 2.45) is 11.8 Å². The number of carbonyl (C=O) groups is 1. The van der Waals surface area contributed by atoms with Crippen molar-refractivity contribution in [1.82, 2.24) is 0 Å². The van der Waals surface area contributed by atoms with Gasteiger partial charge >= 0.3 is 0 Å². The smallest absolute Gasteiger partial charge is 0.229 e. The number of aliphatic hydroxyl groups is 4. The lowest BCUT2D eigenvalue weighted by Gasteiger charge is -2.39. The first-order valence-electron chi connectivity index (χ1n) is 9.55. The number of anilines is 1. The van der Waals surface area contributed by atoms with Gasteiger partial charge in [-0.3, -0.25) is 4.79 Å². The summed E-state index contributed by atoms with van der Waals surface area (Å²) in [5, 5.41) is 42.1. The van der Waals surface area contributed by atoms with E-state index in [1.807, 2.05) is 6.07 Å². The van der Waals surface area contributed by atoms with Crippen LogP contribution in [0.4, 0.5) is 5.69 Å². The van der Waals surface area contributed by atoms with E-state index in [-0.39, 0.29) is 17.6 Å². The summed E-state index contributed by atoms with van der Waals surface area (Å²) in [5.74, 6) is 0.242. The van der Waals surface area contributed by atoms with Crippen molar-refractivity contribution in [3.63, 3.8) is 0 Å². The Morgan fingerprint density at radius 2 is 1.82 bits per heavy atom. The second-order valence-electron chi connectivity index (χ2n) is 7.89. The molecule has 1 fully saturated rings. The van der Waals surface area contributed by atoms with Crippen molar-refractivity contribution >= 4 is 11.6 Å². The molecule has 0 spiro atoms. The molecule has 1 aromatic carbocycles.